The molecule has 0 aromatic heterocycles. The minimum atomic E-state index is -0.472. The second kappa shape index (κ2) is 4.05. The van der Waals surface area contributed by atoms with Gasteiger partial charge in [0, 0.05) is 5.56 Å². The van der Waals surface area contributed by atoms with Crippen molar-refractivity contribution in [2.45, 2.75) is 19.3 Å². The number of methoxy groups -OCH3 is 1. The molecule has 2 rings (SSSR count). The van der Waals surface area contributed by atoms with E-state index in [1.165, 1.54) is 0 Å². The van der Waals surface area contributed by atoms with Crippen LogP contribution in [0.15, 0.2) is 24.3 Å². The maximum absolute atomic E-state index is 9.37. The summed E-state index contributed by atoms with van der Waals surface area (Å²) in [6.07, 6.45) is 0. The third-order valence-electron chi connectivity index (χ3n) is 3.80. The number of benzene rings is 1. The number of hydrogen-bond donors (Lipinski definition) is 0. The zero-order valence-corrected chi connectivity index (χ0v) is 10.5. The molecular formula is C14H17NO2. The molecule has 0 aliphatic carbocycles. The Balaban J connectivity index is 2.53. The third-order valence-corrected chi connectivity index (χ3v) is 3.80. The second-order valence-corrected chi connectivity index (χ2v) is 5.01. The van der Waals surface area contributed by atoms with Gasteiger partial charge in [-0.05, 0) is 19.9 Å². The van der Waals surface area contributed by atoms with Crippen molar-refractivity contribution in [3.63, 3.8) is 0 Å². The smallest absolute Gasteiger partial charge is 0.122 e. The van der Waals surface area contributed by atoms with Crippen LogP contribution in [0.2, 0.25) is 0 Å². The Morgan fingerprint density at radius 3 is 2.47 bits per heavy atom. The predicted molar refractivity (Wildman–Crippen MR) is 64.9 cm³/mol. The van der Waals surface area contributed by atoms with Gasteiger partial charge in [-0.25, -0.2) is 0 Å². The summed E-state index contributed by atoms with van der Waals surface area (Å²) >= 11 is 0. The van der Waals surface area contributed by atoms with Gasteiger partial charge in [0.05, 0.1) is 37.2 Å². The highest BCUT2D eigenvalue weighted by molar-refractivity contribution is 5.44. The Labute approximate surface area is 102 Å². The maximum Gasteiger partial charge on any atom is 0.122 e. The van der Waals surface area contributed by atoms with Gasteiger partial charge < -0.3 is 9.47 Å². The average molecular weight is 231 g/mol. The van der Waals surface area contributed by atoms with E-state index >= 15 is 0 Å². The molecule has 3 nitrogen and oxygen atoms in total. The van der Waals surface area contributed by atoms with Crippen LogP contribution in [0.5, 0.6) is 5.75 Å². The van der Waals surface area contributed by atoms with E-state index in [2.05, 4.69) is 6.07 Å². The van der Waals surface area contributed by atoms with E-state index in [1.54, 1.807) is 7.11 Å². The molecule has 90 valence electrons. The minimum Gasteiger partial charge on any atom is -0.496 e. The van der Waals surface area contributed by atoms with Gasteiger partial charge in [-0.1, -0.05) is 18.2 Å². The molecule has 0 atom stereocenters. The van der Waals surface area contributed by atoms with Crippen molar-refractivity contribution in [2.75, 3.05) is 20.3 Å². The van der Waals surface area contributed by atoms with Crippen molar-refractivity contribution in [1.29, 1.82) is 5.26 Å². The molecule has 0 bridgehead atoms. The van der Waals surface area contributed by atoms with Crippen molar-refractivity contribution in [3.05, 3.63) is 29.8 Å². The van der Waals surface area contributed by atoms with Gasteiger partial charge in [-0.15, -0.1) is 0 Å². The Kier molecular flexibility index (Phi) is 2.84. The topological polar surface area (TPSA) is 42.2 Å². The van der Waals surface area contributed by atoms with Gasteiger partial charge in [-0.2, -0.15) is 5.26 Å². The first kappa shape index (κ1) is 11.9. The molecule has 0 unspecified atom stereocenters. The summed E-state index contributed by atoms with van der Waals surface area (Å²) in [5.41, 5.74) is 0.342. The lowest BCUT2D eigenvalue weighted by molar-refractivity contribution is -0.103. The molecule has 0 N–H and O–H groups in total. The fraction of sp³-hybridized carbons (Fsp3) is 0.500. The summed E-state index contributed by atoms with van der Waals surface area (Å²) in [7, 11) is 1.66. The van der Waals surface area contributed by atoms with Gasteiger partial charge in [0.2, 0.25) is 0 Å². The van der Waals surface area contributed by atoms with Gasteiger partial charge in [0.25, 0.3) is 0 Å². The van der Waals surface area contributed by atoms with Gasteiger partial charge >= 0.3 is 0 Å². The van der Waals surface area contributed by atoms with Crippen LogP contribution in [-0.2, 0) is 10.2 Å². The summed E-state index contributed by atoms with van der Waals surface area (Å²) in [4.78, 5) is 0. The van der Waals surface area contributed by atoms with Crippen LogP contribution in [0.25, 0.3) is 0 Å². The minimum absolute atomic E-state index is 0.256. The molecule has 0 spiro atoms. The molecular weight excluding hydrogens is 214 g/mol. The van der Waals surface area contributed by atoms with E-state index in [0.29, 0.717) is 13.2 Å². The molecule has 0 amide bonds. The lowest BCUT2D eigenvalue weighted by atomic mass is 9.61. The molecule has 1 fully saturated rings. The molecule has 1 aliphatic heterocycles. The molecule has 1 saturated heterocycles. The number of para-hydroxylation sites is 1. The van der Waals surface area contributed by atoms with E-state index in [0.717, 1.165) is 11.3 Å². The van der Waals surface area contributed by atoms with E-state index in [1.807, 2.05) is 38.1 Å². The summed E-state index contributed by atoms with van der Waals surface area (Å²) in [5, 5.41) is 9.37. The molecule has 1 aromatic carbocycles. The molecule has 0 saturated carbocycles. The third kappa shape index (κ3) is 1.60. The standard InChI is InChI=1S/C14H17NO2/c1-13(2,8-15)14(9-17-10-14)11-6-4-5-7-12(11)16-3/h4-7H,9-10H2,1-3H3. The first-order valence-electron chi connectivity index (χ1n) is 5.70. The number of nitriles is 1. The number of ether oxygens (including phenoxy) is 2. The molecule has 3 heteroatoms. The van der Waals surface area contributed by atoms with E-state index in [-0.39, 0.29) is 5.41 Å². The Morgan fingerprint density at radius 2 is 2.00 bits per heavy atom. The zero-order chi connectivity index (χ0) is 12.5. The van der Waals surface area contributed by atoms with Crippen LogP contribution in [-0.4, -0.2) is 20.3 Å². The van der Waals surface area contributed by atoms with Gasteiger partial charge in [0.1, 0.15) is 5.75 Å². The lowest BCUT2D eigenvalue weighted by Gasteiger charge is -2.49. The first-order chi connectivity index (χ1) is 8.07. The Morgan fingerprint density at radius 1 is 1.35 bits per heavy atom. The summed E-state index contributed by atoms with van der Waals surface area (Å²) in [6.45, 7) is 5.08. The first-order valence-corrected chi connectivity index (χ1v) is 5.70. The fourth-order valence-electron chi connectivity index (χ4n) is 2.31. The normalized spacial score (nSPS) is 18.0. The molecule has 0 radical (unpaired) electrons. The SMILES string of the molecule is COc1ccccc1C1(C(C)(C)C#N)COC1. The van der Waals surface area contributed by atoms with Crippen LogP contribution >= 0.6 is 0 Å². The van der Waals surface area contributed by atoms with Gasteiger partial charge in [0.15, 0.2) is 0 Å². The highest BCUT2D eigenvalue weighted by atomic mass is 16.5. The summed E-state index contributed by atoms with van der Waals surface area (Å²) < 4.78 is 10.8. The van der Waals surface area contributed by atoms with Crippen LogP contribution in [0.1, 0.15) is 19.4 Å². The van der Waals surface area contributed by atoms with Crippen molar-refractivity contribution >= 4 is 0 Å². The molecule has 17 heavy (non-hydrogen) atoms. The summed E-state index contributed by atoms with van der Waals surface area (Å²) in [5.74, 6) is 0.833. The Hall–Kier alpha value is -1.53. The number of hydrogen-bond acceptors (Lipinski definition) is 3. The number of rotatable bonds is 3. The number of nitrogens with zero attached hydrogens (tertiary/aromatic N) is 1. The van der Waals surface area contributed by atoms with Gasteiger partial charge in [-0.3, -0.25) is 0 Å². The van der Waals surface area contributed by atoms with Crippen LogP contribution in [0.4, 0.5) is 0 Å². The second-order valence-electron chi connectivity index (χ2n) is 5.01. The predicted octanol–water partition coefficient (Wildman–Crippen LogP) is 2.51. The van der Waals surface area contributed by atoms with Crippen LogP contribution in [0.3, 0.4) is 0 Å². The van der Waals surface area contributed by atoms with Crippen molar-refractivity contribution in [1.82, 2.24) is 0 Å². The van der Waals surface area contributed by atoms with Crippen LogP contribution < -0.4 is 4.74 Å². The maximum atomic E-state index is 9.37. The molecule has 1 aromatic rings. The highest BCUT2D eigenvalue weighted by Gasteiger charge is 2.53. The van der Waals surface area contributed by atoms with E-state index < -0.39 is 5.41 Å². The van der Waals surface area contributed by atoms with Crippen molar-refractivity contribution in [2.24, 2.45) is 5.41 Å². The quantitative estimate of drug-likeness (QED) is 0.802. The Bertz CT molecular complexity index is 456. The molecule has 1 heterocycles. The van der Waals surface area contributed by atoms with E-state index in [9.17, 15) is 5.26 Å². The monoisotopic (exact) mass is 231 g/mol. The molecule has 1 aliphatic rings. The average Bonchev–Trinajstić information content (AvgIpc) is 2.28. The van der Waals surface area contributed by atoms with E-state index in [4.69, 9.17) is 9.47 Å². The zero-order valence-electron chi connectivity index (χ0n) is 10.5. The largest absolute Gasteiger partial charge is 0.496 e. The van der Waals surface area contributed by atoms with Crippen LogP contribution in [0, 0.1) is 16.7 Å². The lowest BCUT2D eigenvalue weighted by Crippen LogP contribution is -2.56. The van der Waals surface area contributed by atoms with Crippen molar-refractivity contribution < 1.29 is 9.47 Å². The van der Waals surface area contributed by atoms with Crippen molar-refractivity contribution in [3.8, 4) is 11.8 Å². The highest BCUT2D eigenvalue weighted by Crippen LogP contribution is 2.49. The fourth-order valence-corrected chi connectivity index (χ4v) is 2.31. The summed E-state index contributed by atoms with van der Waals surface area (Å²) in [6, 6.07) is 10.3.